The molecule has 0 aliphatic carbocycles. The first-order valence-corrected chi connectivity index (χ1v) is 11.5. The van der Waals surface area contributed by atoms with Crippen molar-refractivity contribution in [1.29, 1.82) is 0 Å². The van der Waals surface area contributed by atoms with E-state index in [1.165, 1.54) is 13.0 Å². The molecule has 1 fully saturated rings. The molecule has 0 amide bonds. The van der Waals surface area contributed by atoms with Gasteiger partial charge in [-0.1, -0.05) is 11.2 Å². The number of benzene rings is 2. The SMILES string of the molecule is COc1cc(/C=C2\CCCN3C2=NOC3(c2cc(C)c(F)c(F)c2)C(O)O)ccc1-n1cnc(C)c1. The zero-order chi connectivity index (χ0) is 25.6. The molecule has 3 aromatic rings. The summed E-state index contributed by atoms with van der Waals surface area (Å²) in [5, 5.41) is 24.9. The number of ether oxygens (including phenoxy) is 1. The molecule has 2 aliphatic heterocycles. The Kier molecular flexibility index (Phi) is 6.01. The third kappa shape index (κ3) is 3.82. The molecule has 5 rings (SSSR count). The summed E-state index contributed by atoms with van der Waals surface area (Å²) in [4.78, 5) is 11.5. The van der Waals surface area contributed by atoms with E-state index in [0.29, 0.717) is 31.0 Å². The smallest absolute Gasteiger partial charge is 0.288 e. The van der Waals surface area contributed by atoms with Gasteiger partial charge in [-0.25, -0.2) is 13.8 Å². The second kappa shape index (κ2) is 9.03. The minimum absolute atomic E-state index is 0.0233. The zero-order valence-corrected chi connectivity index (χ0v) is 20.1. The first-order chi connectivity index (χ1) is 17.2. The van der Waals surface area contributed by atoms with E-state index in [4.69, 9.17) is 9.57 Å². The molecule has 2 aromatic carbocycles. The lowest BCUT2D eigenvalue weighted by Gasteiger charge is -2.40. The molecule has 0 spiro atoms. The highest BCUT2D eigenvalue weighted by molar-refractivity contribution is 6.03. The number of hydrogen-bond acceptors (Lipinski definition) is 7. The van der Waals surface area contributed by atoms with Crippen LogP contribution in [0.15, 0.2) is 53.6 Å². The molecule has 188 valence electrons. The van der Waals surface area contributed by atoms with Crippen LogP contribution in [0.1, 0.15) is 35.2 Å². The predicted octanol–water partition coefficient (Wildman–Crippen LogP) is 3.76. The highest BCUT2D eigenvalue weighted by Crippen LogP contribution is 2.43. The van der Waals surface area contributed by atoms with Gasteiger partial charge in [-0.3, -0.25) is 0 Å². The summed E-state index contributed by atoms with van der Waals surface area (Å²) in [5.74, 6) is -1.04. The van der Waals surface area contributed by atoms with Gasteiger partial charge in [0.25, 0.3) is 5.72 Å². The Balaban J connectivity index is 1.51. The zero-order valence-electron chi connectivity index (χ0n) is 20.1. The standard InChI is InChI=1S/C26H26F2N4O4/c1-15-9-19(12-20(27)23(15)28)26(25(33)34)32-8-4-5-18(24(32)30-36-26)10-17-6-7-21(22(11-17)35-3)31-13-16(2)29-14-31/h6-7,9-14,25,33-34H,4-5,8H2,1-3H3/b18-10+. The van der Waals surface area contributed by atoms with Gasteiger partial charge in [0.1, 0.15) is 5.75 Å². The van der Waals surface area contributed by atoms with Crippen LogP contribution in [0.4, 0.5) is 8.78 Å². The van der Waals surface area contributed by atoms with Crippen molar-refractivity contribution in [3.63, 3.8) is 0 Å². The van der Waals surface area contributed by atoms with Gasteiger partial charge in [0.2, 0.25) is 6.29 Å². The molecule has 8 nitrogen and oxygen atoms in total. The maximum absolute atomic E-state index is 14.3. The van der Waals surface area contributed by atoms with Crippen molar-refractivity contribution in [2.75, 3.05) is 13.7 Å². The third-order valence-electron chi connectivity index (χ3n) is 6.55. The predicted molar refractivity (Wildman–Crippen MR) is 128 cm³/mol. The quantitative estimate of drug-likeness (QED) is 0.523. The number of aryl methyl sites for hydroxylation is 2. The van der Waals surface area contributed by atoms with Crippen molar-refractivity contribution in [2.24, 2.45) is 5.16 Å². The van der Waals surface area contributed by atoms with Gasteiger partial charge in [0.05, 0.1) is 24.8 Å². The van der Waals surface area contributed by atoms with E-state index >= 15 is 0 Å². The lowest BCUT2D eigenvalue weighted by Crippen LogP contribution is -2.55. The highest BCUT2D eigenvalue weighted by atomic mass is 19.2. The second-order valence-corrected chi connectivity index (χ2v) is 8.94. The lowest BCUT2D eigenvalue weighted by molar-refractivity contribution is -0.253. The number of aromatic nitrogens is 2. The van der Waals surface area contributed by atoms with Gasteiger partial charge in [-0.15, -0.1) is 0 Å². The molecule has 0 saturated carbocycles. The van der Waals surface area contributed by atoms with Crippen LogP contribution in [0, 0.1) is 25.5 Å². The molecule has 0 bridgehead atoms. The molecule has 3 heterocycles. The van der Waals surface area contributed by atoms with Crippen molar-refractivity contribution in [3.05, 3.63) is 82.4 Å². The number of aliphatic hydroxyl groups excluding tert-OH is 1. The van der Waals surface area contributed by atoms with E-state index in [2.05, 4.69) is 10.1 Å². The lowest BCUT2D eigenvalue weighted by atomic mass is 9.93. The maximum Gasteiger partial charge on any atom is 0.288 e. The summed E-state index contributed by atoms with van der Waals surface area (Å²) in [6, 6.07) is 8.00. The van der Waals surface area contributed by atoms with Crippen molar-refractivity contribution < 1.29 is 28.6 Å². The number of fused-ring (bicyclic) bond motifs is 1. The number of rotatable bonds is 5. The van der Waals surface area contributed by atoms with Crippen LogP contribution in [-0.2, 0) is 10.6 Å². The monoisotopic (exact) mass is 496 g/mol. The number of piperidine rings is 1. The second-order valence-electron chi connectivity index (χ2n) is 8.94. The fourth-order valence-electron chi connectivity index (χ4n) is 4.78. The van der Waals surface area contributed by atoms with Gasteiger partial charge in [0.15, 0.2) is 17.5 Å². The molecule has 0 radical (unpaired) electrons. The van der Waals surface area contributed by atoms with Gasteiger partial charge < -0.3 is 29.3 Å². The number of amidine groups is 1. The third-order valence-corrected chi connectivity index (χ3v) is 6.55. The number of oxime groups is 1. The van der Waals surface area contributed by atoms with Crippen molar-refractivity contribution in [1.82, 2.24) is 14.5 Å². The van der Waals surface area contributed by atoms with Crippen LogP contribution in [0.3, 0.4) is 0 Å². The molecule has 1 aromatic heterocycles. The van der Waals surface area contributed by atoms with E-state index in [1.807, 2.05) is 42.0 Å². The van der Waals surface area contributed by atoms with Crippen molar-refractivity contribution >= 4 is 11.9 Å². The minimum atomic E-state index is -2.07. The molecule has 2 aliphatic rings. The fraction of sp³-hybridized carbons (Fsp3) is 0.308. The van der Waals surface area contributed by atoms with Crippen LogP contribution < -0.4 is 4.74 Å². The molecular weight excluding hydrogens is 470 g/mol. The number of imidazole rings is 1. The van der Waals surface area contributed by atoms with Crippen LogP contribution >= 0.6 is 0 Å². The Hall–Kier alpha value is -3.76. The molecule has 36 heavy (non-hydrogen) atoms. The summed E-state index contributed by atoms with van der Waals surface area (Å²) < 4.78 is 35.7. The molecule has 10 heteroatoms. The largest absolute Gasteiger partial charge is 0.495 e. The topological polar surface area (TPSA) is 92.3 Å². The number of halogens is 2. The number of aliphatic hydroxyl groups is 2. The Morgan fingerprint density at radius 2 is 2.00 bits per heavy atom. The molecular formula is C26H26F2N4O4. The van der Waals surface area contributed by atoms with E-state index in [1.54, 1.807) is 18.3 Å². The molecule has 2 N–H and O–H groups in total. The van der Waals surface area contributed by atoms with Crippen LogP contribution in [0.25, 0.3) is 11.8 Å². The number of hydrogen-bond donors (Lipinski definition) is 2. The van der Waals surface area contributed by atoms with Gasteiger partial charge in [0, 0.05) is 18.3 Å². The Labute approximate surface area is 206 Å². The van der Waals surface area contributed by atoms with E-state index in [-0.39, 0.29) is 11.1 Å². The van der Waals surface area contributed by atoms with Gasteiger partial charge in [-0.05, 0) is 73.7 Å². The van der Waals surface area contributed by atoms with Gasteiger partial charge in [-0.2, -0.15) is 0 Å². The van der Waals surface area contributed by atoms with E-state index in [0.717, 1.165) is 28.6 Å². The minimum Gasteiger partial charge on any atom is -0.495 e. The van der Waals surface area contributed by atoms with E-state index in [9.17, 15) is 19.0 Å². The first kappa shape index (κ1) is 24.0. The summed E-state index contributed by atoms with van der Waals surface area (Å²) in [6.07, 6.45) is 4.80. The fourth-order valence-corrected chi connectivity index (χ4v) is 4.78. The Morgan fingerprint density at radius 1 is 1.19 bits per heavy atom. The number of nitrogens with zero attached hydrogens (tertiary/aromatic N) is 4. The number of methoxy groups -OCH3 is 1. The summed E-state index contributed by atoms with van der Waals surface area (Å²) in [7, 11) is 1.59. The summed E-state index contributed by atoms with van der Waals surface area (Å²) in [6.45, 7) is 3.69. The molecule has 1 unspecified atom stereocenters. The van der Waals surface area contributed by atoms with Gasteiger partial charge >= 0.3 is 0 Å². The van der Waals surface area contributed by atoms with E-state index < -0.39 is 23.6 Å². The Bertz CT molecular complexity index is 1360. The normalized spacial score (nSPS) is 20.5. The average Bonchev–Trinajstić information content (AvgIpc) is 3.47. The highest BCUT2D eigenvalue weighted by Gasteiger charge is 2.55. The van der Waals surface area contributed by atoms with Crippen LogP contribution in [0.2, 0.25) is 0 Å². The van der Waals surface area contributed by atoms with Crippen LogP contribution in [0.5, 0.6) is 5.75 Å². The first-order valence-electron chi connectivity index (χ1n) is 11.5. The Morgan fingerprint density at radius 3 is 2.67 bits per heavy atom. The maximum atomic E-state index is 14.3. The average molecular weight is 497 g/mol. The van der Waals surface area contributed by atoms with Crippen molar-refractivity contribution in [3.8, 4) is 11.4 Å². The molecule has 1 saturated heterocycles. The van der Waals surface area contributed by atoms with Crippen molar-refractivity contribution in [2.45, 2.75) is 38.7 Å². The summed E-state index contributed by atoms with van der Waals surface area (Å²) in [5.41, 5.74) is 1.56. The van der Waals surface area contributed by atoms with Crippen LogP contribution in [-0.4, -0.2) is 50.4 Å². The summed E-state index contributed by atoms with van der Waals surface area (Å²) >= 11 is 0. The molecule has 1 atom stereocenters.